The van der Waals surface area contributed by atoms with Gasteiger partial charge in [-0.05, 0) is 41.5 Å². The van der Waals surface area contributed by atoms with E-state index < -0.39 is 0 Å². The lowest BCUT2D eigenvalue weighted by Gasteiger charge is -2.23. The van der Waals surface area contributed by atoms with Crippen LogP contribution >= 0.6 is 11.3 Å². The number of hydrogen-bond acceptors (Lipinski definition) is 2. The Morgan fingerprint density at radius 1 is 1.28 bits per heavy atom. The smallest absolute Gasteiger partial charge is 0.0463 e. The molecule has 0 radical (unpaired) electrons. The molecule has 2 rings (SSSR count). The molecule has 2 aromatic heterocycles. The number of thiophene rings is 1. The van der Waals surface area contributed by atoms with E-state index in [1.54, 1.807) is 0 Å². The van der Waals surface area contributed by atoms with Crippen LogP contribution in [0.5, 0.6) is 0 Å². The molecule has 0 amide bonds. The standard InChI is InChI=1S/C16H21NS/c1-12(2)13-9-14(18-11-13)10-16(3,4)15-7-5-6-8-17-15/h5-9,11-12H,10H2,1-4H3. The van der Waals surface area contributed by atoms with Gasteiger partial charge in [0, 0.05) is 22.2 Å². The van der Waals surface area contributed by atoms with Gasteiger partial charge in [0.1, 0.15) is 0 Å². The third-order valence-corrected chi connectivity index (χ3v) is 4.27. The topological polar surface area (TPSA) is 12.9 Å². The molecular weight excluding hydrogens is 238 g/mol. The summed E-state index contributed by atoms with van der Waals surface area (Å²) in [5.74, 6) is 0.618. The molecular formula is C16H21NS. The van der Waals surface area contributed by atoms with Crippen molar-refractivity contribution in [3.05, 3.63) is 52.0 Å². The van der Waals surface area contributed by atoms with Crippen LogP contribution in [0.15, 0.2) is 35.8 Å². The fourth-order valence-corrected chi connectivity index (χ4v) is 3.36. The zero-order chi connectivity index (χ0) is 13.2. The first-order valence-corrected chi connectivity index (χ1v) is 7.36. The van der Waals surface area contributed by atoms with Crippen molar-refractivity contribution in [2.24, 2.45) is 0 Å². The Hall–Kier alpha value is -1.15. The molecule has 2 heteroatoms. The van der Waals surface area contributed by atoms with Crippen molar-refractivity contribution in [3.8, 4) is 0 Å². The van der Waals surface area contributed by atoms with Gasteiger partial charge >= 0.3 is 0 Å². The maximum atomic E-state index is 4.49. The van der Waals surface area contributed by atoms with Gasteiger partial charge in [-0.2, -0.15) is 0 Å². The van der Waals surface area contributed by atoms with Crippen molar-refractivity contribution in [1.82, 2.24) is 4.98 Å². The highest BCUT2D eigenvalue weighted by Crippen LogP contribution is 2.30. The minimum atomic E-state index is 0.0976. The molecule has 0 saturated carbocycles. The number of nitrogens with zero attached hydrogens (tertiary/aromatic N) is 1. The Balaban J connectivity index is 2.17. The normalized spacial score (nSPS) is 12.1. The molecule has 0 unspecified atom stereocenters. The average Bonchev–Trinajstić information content (AvgIpc) is 2.78. The van der Waals surface area contributed by atoms with Crippen molar-refractivity contribution in [2.75, 3.05) is 0 Å². The van der Waals surface area contributed by atoms with E-state index in [9.17, 15) is 0 Å². The van der Waals surface area contributed by atoms with Gasteiger partial charge in [0.2, 0.25) is 0 Å². The molecule has 0 fully saturated rings. The molecule has 2 heterocycles. The van der Waals surface area contributed by atoms with E-state index in [2.05, 4.69) is 56.3 Å². The second kappa shape index (κ2) is 5.23. The lowest BCUT2D eigenvalue weighted by molar-refractivity contribution is 0.509. The molecule has 96 valence electrons. The van der Waals surface area contributed by atoms with Crippen LogP contribution in [-0.2, 0) is 11.8 Å². The summed E-state index contributed by atoms with van der Waals surface area (Å²) in [6.45, 7) is 9.03. The molecule has 0 N–H and O–H groups in total. The molecule has 0 aliphatic carbocycles. The van der Waals surface area contributed by atoms with Crippen molar-refractivity contribution in [1.29, 1.82) is 0 Å². The monoisotopic (exact) mass is 259 g/mol. The second-order valence-corrected chi connectivity index (χ2v) is 6.77. The van der Waals surface area contributed by atoms with E-state index in [1.165, 1.54) is 16.1 Å². The van der Waals surface area contributed by atoms with Crippen LogP contribution in [0, 0.1) is 0 Å². The predicted octanol–water partition coefficient (Wildman–Crippen LogP) is 4.79. The van der Waals surface area contributed by atoms with Gasteiger partial charge in [-0.3, -0.25) is 4.98 Å². The fraction of sp³-hybridized carbons (Fsp3) is 0.438. The lowest BCUT2D eigenvalue weighted by atomic mass is 9.84. The SMILES string of the molecule is CC(C)c1csc(CC(C)(C)c2ccccn2)c1. The van der Waals surface area contributed by atoms with E-state index in [0.717, 1.165) is 6.42 Å². The van der Waals surface area contributed by atoms with E-state index in [1.807, 2.05) is 23.6 Å². The van der Waals surface area contributed by atoms with Gasteiger partial charge in [0.25, 0.3) is 0 Å². The summed E-state index contributed by atoms with van der Waals surface area (Å²) in [7, 11) is 0. The summed E-state index contributed by atoms with van der Waals surface area (Å²) in [4.78, 5) is 5.95. The molecule has 0 saturated heterocycles. The average molecular weight is 259 g/mol. The molecule has 1 nitrogen and oxygen atoms in total. The van der Waals surface area contributed by atoms with Crippen molar-refractivity contribution >= 4 is 11.3 Å². The van der Waals surface area contributed by atoms with Crippen LogP contribution in [0.1, 0.15) is 49.7 Å². The third kappa shape index (κ3) is 2.99. The van der Waals surface area contributed by atoms with Crippen molar-refractivity contribution < 1.29 is 0 Å². The minimum absolute atomic E-state index is 0.0976. The van der Waals surface area contributed by atoms with E-state index in [-0.39, 0.29) is 5.41 Å². The van der Waals surface area contributed by atoms with Crippen molar-refractivity contribution in [3.63, 3.8) is 0 Å². The van der Waals surface area contributed by atoms with Crippen LogP contribution in [0.2, 0.25) is 0 Å². The second-order valence-electron chi connectivity index (χ2n) is 5.78. The maximum Gasteiger partial charge on any atom is 0.0463 e. The summed E-state index contributed by atoms with van der Waals surface area (Å²) < 4.78 is 0. The number of hydrogen-bond donors (Lipinski definition) is 0. The minimum Gasteiger partial charge on any atom is -0.261 e. The van der Waals surface area contributed by atoms with Crippen LogP contribution in [0.4, 0.5) is 0 Å². The predicted molar refractivity (Wildman–Crippen MR) is 79.4 cm³/mol. The molecule has 0 aliphatic heterocycles. The van der Waals surface area contributed by atoms with Gasteiger partial charge in [0.15, 0.2) is 0 Å². The summed E-state index contributed by atoms with van der Waals surface area (Å²) in [5.41, 5.74) is 2.72. The lowest BCUT2D eigenvalue weighted by Crippen LogP contribution is -2.21. The fourth-order valence-electron chi connectivity index (χ4n) is 2.08. The Kier molecular flexibility index (Phi) is 3.86. The molecule has 2 aromatic rings. The Morgan fingerprint density at radius 2 is 2.06 bits per heavy atom. The van der Waals surface area contributed by atoms with Gasteiger partial charge in [-0.25, -0.2) is 0 Å². The first kappa shape index (κ1) is 13.3. The van der Waals surface area contributed by atoms with Gasteiger partial charge in [-0.1, -0.05) is 33.8 Å². The molecule has 0 spiro atoms. The summed E-state index contributed by atoms with van der Waals surface area (Å²) >= 11 is 1.87. The summed E-state index contributed by atoms with van der Waals surface area (Å²) in [5, 5.41) is 2.29. The zero-order valence-electron chi connectivity index (χ0n) is 11.6. The van der Waals surface area contributed by atoms with E-state index in [4.69, 9.17) is 0 Å². The third-order valence-electron chi connectivity index (χ3n) is 3.32. The Labute approximate surface area is 114 Å². The highest BCUT2D eigenvalue weighted by Gasteiger charge is 2.23. The molecule has 0 aromatic carbocycles. The molecule has 0 aliphatic rings. The van der Waals surface area contributed by atoms with Gasteiger partial charge in [0.05, 0.1) is 0 Å². The number of rotatable bonds is 4. The van der Waals surface area contributed by atoms with E-state index >= 15 is 0 Å². The molecule has 0 atom stereocenters. The van der Waals surface area contributed by atoms with Gasteiger partial charge in [-0.15, -0.1) is 11.3 Å². The van der Waals surface area contributed by atoms with Crippen LogP contribution in [-0.4, -0.2) is 4.98 Å². The highest BCUT2D eigenvalue weighted by molar-refractivity contribution is 7.10. The number of aromatic nitrogens is 1. The maximum absolute atomic E-state index is 4.49. The van der Waals surface area contributed by atoms with Crippen LogP contribution in [0.3, 0.4) is 0 Å². The quantitative estimate of drug-likeness (QED) is 0.769. The zero-order valence-corrected chi connectivity index (χ0v) is 12.4. The van der Waals surface area contributed by atoms with E-state index in [0.29, 0.717) is 5.92 Å². The van der Waals surface area contributed by atoms with Gasteiger partial charge < -0.3 is 0 Å². The Morgan fingerprint density at radius 3 is 2.61 bits per heavy atom. The first-order valence-electron chi connectivity index (χ1n) is 6.48. The summed E-state index contributed by atoms with van der Waals surface area (Å²) in [6.07, 6.45) is 2.94. The summed E-state index contributed by atoms with van der Waals surface area (Å²) in [6, 6.07) is 8.51. The van der Waals surface area contributed by atoms with Crippen molar-refractivity contribution in [2.45, 2.75) is 45.4 Å². The van der Waals surface area contributed by atoms with Crippen LogP contribution in [0.25, 0.3) is 0 Å². The van der Waals surface area contributed by atoms with Crippen LogP contribution < -0.4 is 0 Å². The molecule has 0 bridgehead atoms. The Bertz CT molecular complexity index is 497. The number of pyridine rings is 1. The first-order chi connectivity index (χ1) is 8.49. The largest absolute Gasteiger partial charge is 0.261 e. The molecule has 18 heavy (non-hydrogen) atoms. The highest BCUT2D eigenvalue weighted by atomic mass is 32.1.